The molecule has 2 bridgehead atoms. The number of para-hydroxylation sites is 2. The smallest absolute Gasteiger partial charge is 0.124 e. The predicted octanol–water partition coefficient (Wildman–Crippen LogP) is 6.02. The van der Waals surface area contributed by atoms with Gasteiger partial charge in [0.15, 0.2) is 0 Å². The second-order valence-electron chi connectivity index (χ2n) is 10.7. The summed E-state index contributed by atoms with van der Waals surface area (Å²) in [5.74, 6) is 0.917. The highest BCUT2D eigenvalue weighted by Gasteiger charge is 2.43. The molecule has 3 aromatic rings. The normalized spacial score (nSPS) is 26.9. The Kier molecular flexibility index (Phi) is 5.91. The number of fused-ring (bicyclic) bond motifs is 3. The van der Waals surface area contributed by atoms with E-state index < -0.39 is 0 Å². The molecule has 3 aliphatic rings. The number of piperidine rings is 2. The third-order valence-corrected chi connectivity index (χ3v) is 9.10. The second kappa shape index (κ2) is 8.92. The number of halogens is 2. The van der Waals surface area contributed by atoms with E-state index in [1.807, 2.05) is 6.07 Å². The Morgan fingerprint density at radius 2 is 1.79 bits per heavy atom. The highest BCUT2D eigenvalue weighted by molar-refractivity contribution is 6.30. The monoisotopic (exact) mass is 480 g/mol. The van der Waals surface area contributed by atoms with Crippen LogP contribution in [0.5, 0.6) is 0 Å². The summed E-state index contributed by atoms with van der Waals surface area (Å²) in [6, 6.07) is 15.5. The predicted molar refractivity (Wildman–Crippen MR) is 136 cm³/mol. The number of aromatic nitrogens is 2. The Morgan fingerprint density at radius 1 is 1.06 bits per heavy atom. The van der Waals surface area contributed by atoms with Crippen molar-refractivity contribution < 1.29 is 4.39 Å². The second-order valence-corrected chi connectivity index (χ2v) is 11.1. The van der Waals surface area contributed by atoms with Crippen molar-refractivity contribution in [1.82, 2.24) is 19.8 Å². The van der Waals surface area contributed by atoms with Crippen molar-refractivity contribution in [2.75, 3.05) is 19.6 Å². The van der Waals surface area contributed by atoms with Gasteiger partial charge in [-0.1, -0.05) is 23.7 Å². The van der Waals surface area contributed by atoms with Crippen molar-refractivity contribution in [3.63, 3.8) is 0 Å². The number of imidazole rings is 1. The van der Waals surface area contributed by atoms with E-state index in [1.54, 1.807) is 6.07 Å². The minimum absolute atomic E-state index is 0.00438. The topological polar surface area (TPSA) is 33.1 Å². The summed E-state index contributed by atoms with van der Waals surface area (Å²) in [6.07, 6.45) is 8.10. The highest BCUT2D eigenvalue weighted by atomic mass is 35.5. The zero-order valence-electron chi connectivity index (χ0n) is 19.9. The number of benzene rings is 2. The molecular formula is C28H34ClFN4. The largest absolute Gasteiger partial charge is 0.325 e. The molecule has 2 aromatic carbocycles. The summed E-state index contributed by atoms with van der Waals surface area (Å²) in [4.78, 5) is 7.62. The first-order valence-corrected chi connectivity index (χ1v) is 13.3. The molecule has 0 amide bonds. The maximum atomic E-state index is 14.3. The lowest BCUT2D eigenvalue weighted by atomic mass is 9.70. The molecule has 180 valence electrons. The maximum absolute atomic E-state index is 14.3. The summed E-state index contributed by atoms with van der Waals surface area (Å²) < 4.78 is 16.8. The number of aryl methyl sites for hydroxylation is 1. The number of nitrogens with zero attached hydrogens (tertiary/aromatic N) is 3. The molecule has 0 spiro atoms. The number of hydrogen-bond donors (Lipinski definition) is 1. The van der Waals surface area contributed by atoms with Crippen molar-refractivity contribution in [2.24, 2.45) is 0 Å². The molecule has 6 heteroatoms. The van der Waals surface area contributed by atoms with E-state index in [9.17, 15) is 4.39 Å². The van der Waals surface area contributed by atoms with E-state index in [-0.39, 0.29) is 11.2 Å². The lowest BCUT2D eigenvalue weighted by Crippen LogP contribution is -2.47. The maximum Gasteiger partial charge on any atom is 0.124 e. The third-order valence-electron chi connectivity index (χ3n) is 8.88. The van der Waals surface area contributed by atoms with Crippen LogP contribution >= 0.6 is 11.6 Å². The summed E-state index contributed by atoms with van der Waals surface area (Å²) in [5, 5.41) is 4.01. The van der Waals surface area contributed by atoms with Crippen LogP contribution in [0.4, 0.5) is 4.39 Å². The molecule has 3 atom stereocenters. The van der Waals surface area contributed by atoms with Crippen LogP contribution in [-0.2, 0) is 5.41 Å². The standard InChI is InChI=1S/C28H34ClFN4/c1-19-32-26-4-2-3-5-27(26)34(19)25-17-23-6-7-24(18-25)33(23)13-10-28(8-11-31-12-9-28)20-14-21(29)16-22(30)15-20/h2-5,14-16,23-25,31H,6-13,17-18H2,1H3/t23-,24?,25?/m1/s1. The van der Waals surface area contributed by atoms with Gasteiger partial charge in [-0.25, -0.2) is 9.37 Å². The fourth-order valence-electron chi connectivity index (χ4n) is 7.24. The van der Waals surface area contributed by atoms with Gasteiger partial charge in [-0.05, 0) is 113 Å². The van der Waals surface area contributed by atoms with Gasteiger partial charge >= 0.3 is 0 Å². The molecular weight excluding hydrogens is 447 g/mol. The molecule has 0 radical (unpaired) electrons. The molecule has 3 aliphatic heterocycles. The first kappa shape index (κ1) is 22.5. The quantitative estimate of drug-likeness (QED) is 0.485. The van der Waals surface area contributed by atoms with Crippen LogP contribution in [0.15, 0.2) is 42.5 Å². The van der Waals surface area contributed by atoms with E-state index in [0.717, 1.165) is 55.8 Å². The minimum atomic E-state index is -0.218. The Hall–Kier alpha value is -1.95. The molecule has 2 unspecified atom stereocenters. The Morgan fingerprint density at radius 3 is 2.53 bits per heavy atom. The molecule has 6 rings (SSSR count). The van der Waals surface area contributed by atoms with E-state index in [4.69, 9.17) is 16.6 Å². The highest BCUT2D eigenvalue weighted by Crippen LogP contribution is 2.44. The fraction of sp³-hybridized carbons (Fsp3) is 0.536. The Labute approximate surface area is 206 Å². The van der Waals surface area contributed by atoms with Crippen molar-refractivity contribution >= 4 is 22.6 Å². The number of rotatable bonds is 5. The summed E-state index contributed by atoms with van der Waals surface area (Å²) in [7, 11) is 0. The molecule has 1 aromatic heterocycles. The van der Waals surface area contributed by atoms with Crippen LogP contribution in [0, 0.1) is 12.7 Å². The van der Waals surface area contributed by atoms with Crippen LogP contribution in [0.3, 0.4) is 0 Å². The SMILES string of the molecule is Cc1nc2ccccc2n1C1CC2CC[C@H](C1)N2CCC1(c2cc(F)cc(Cl)c2)CCNCC1. The fourth-order valence-corrected chi connectivity index (χ4v) is 7.46. The molecule has 4 nitrogen and oxygen atoms in total. The first-order chi connectivity index (χ1) is 16.5. The van der Waals surface area contributed by atoms with Gasteiger partial charge in [-0.3, -0.25) is 4.90 Å². The lowest BCUT2D eigenvalue weighted by molar-refractivity contribution is 0.0928. The van der Waals surface area contributed by atoms with Gasteiger partial charge in [0.25, 0.3) is 0 Å². The summed E-state index contributed by atoms with van der Waals surface area (Å²) in [5.41, 5.74) is 3.47. The summed E-state index contributed by atoms with van der Waals surface area (Å²) in [6.45, 7) is 5.20. The van der Waals surface area contributed by atoms with Crippen LogP contribution in [0.25, 0.3) is 11.0 Å². The van der Waals surface area contributed by atoms with Gasteiger partial charge in [-0.2, -0.15) is 0 Å². The van der Waals surface area contributed by atoms with Crippen molar-refractivity contribution in [2.45, 2.75) is 75.4 Å². The molecule has 34 heavy (non-hydrogen) atoms. The zero-order valence-corrected chi connectivity index (χ0v) is 20.7. The van der Waals surface area contributed by atoms with Gasteiger partial charge in [0.2, 0.25) is 0 Å². The minimum Gasteiger partial charge on any atom is -0.325 e. The van der Waals surface area contributed by atoms with E-state index >= 15 is 0 Å². The zero-order chi connectivity index (χ0) is 23.3. The first-order valence-electron chi connectivity index (χ1n) is 12.9. The van der Waals surface area contributed by atoms with Gasteiger partial charge in [0.05, 0.1) is 11.0 Å². The number of nitrogens with one attached hydrogen (secondary N) is 1. The lowest BCUT2D eigenvalue weighted by Gasteiger charge is -2.44. The van der Waals surface area contributed by atoms with Crippen LogP contribution in [0.2, 0.25) is 5.02 Å². The molecule has 0 aliphatic carbocycles. The van der Waals surface area contributed by atoms with E-state index in [2.05, 4.69) is 46.0 Å². The van der Waals surface area contributed by atoms with Gasteiger partial charge in [-0.15, -0.1) is 0 Å². The van der Waals surface area contributed by atoms with Crippen molar-refractivity contribution in [3.05, 3.63) is 64.7 Å². The summed E-state index contributed by atoms with van der Waals surface area (Å²) >= 11 is 6.28. The van der Waals surface area contributed by atoms with Crippen LogP contribution in [-0.4, -0.2) is 46.2 Å². The van der Waals surface area contributed by atoms with Crippen LogP contribution in [0.1, 0.15) is 62.4 Å². The number of hydrogen-bond acceptors (Lipinski definition) is 3. The van der Waals surface area contributed by atoms with Gasteiger partial charge < -0.3 is 9.88 Å². The average molecular weight is 481 g/mol. The third kappa shape index (κ3) is 3.96. The Balaban J connectivity index is 1.21. The van der Waals surface area contributed by atoms with E-state index in [1.165, 1.54) is 37.3 Å². The van der Waals surface area contributed by atoms with E-state index in [0.29, 0.717) is 23.1 Å². The van der Waals surface area contributed by atoms with Crippen molar-refractivity contribution in [3.8, 4) is 0 Å². The van der Waals surface area contributed by atoms with Gasteiger partial charge in [0, 0.05) is 23.1 Å². The molecule has 1 N–H and O–H groups in total. The van der Waals surface area contributed by atoms with Gasteiger partial charge in [0.1, 0.15) is 11.6 Å². The Bertz CT molecular complexity index is 1150. The average Bonchev–Trinajstić information content (AvgIpc) is 3.28. The van der Waals surface area contributed by atoms with Crippen molar-refractivity contribution in [1.29, 1.82) is 0 Å². The molecule has 3 fully saturated rings. The van der Waals surface area contributed by atoms with Crippen LogP contribution < -0.4 is 5.32 Å². The molecule has 0 saturated carbocycles. The molecule has 4 heterocycles. The molecule has 3 saturated heterocycles.